The van der Waals surface area contributed by atoms with Gasteiger partial charge in [-0.2, -0.15) is 0 Å². The molecule has 2 N–H and O–H groups in total. The van der Waals surface area contributed by atoms with Crippen molar-refractivity contribution in [3.8, 4) is 0 Å². The number of carbonyl (C=O) groups excluding carboxylic acids is 2. The van der Waals surface area contributed by atoms with Crippen LogP contribution in [0, 0.1) is 11.8 Å². The first-order valence-electron chi connectivity index (χ1n) is 18.8. The van der Waals surface area contributed by atoms with Gasteiger partial charge in [0.05, 0.1) is 13.2 Å². The summed E-state index contributed by atoms with van der Waals surface area (Å²) in [5.74, 6) is -0.159. The third-order valence-corrected chi connectivity index (χ3v) is 7.29. The number of hydrogen-bond acceptors (Lipinski definition) is 7. The lowest BCUT2D eigenvalue weighted by Gasteiger charge is -2.07. The van der Waals surface area contributed by atoms with Gasteiger partial charge in [-0.3, -0.25) is 19.2 Å². The lowest BCUT2D eigenvalue weighted by atomic mass is 10.0. The molecule has 0 aliphatic rings. The summed E-state index contributed by atoms with van der Waals surface area (Å²) in [5.41, 5.74) is 0. The smallest absolute Gasteiger partial charge is 0.305 e. The number of hydrogen-bond donors (Lipinski definition) is 2. The first kappa shape index (κ1) is 49.2. The van der Waals surface area contributed by atoms with Crippen LogP contribution in [0.1, 0.15) is 183 Å². The van der Waals surface area contributed by atoms with Crippen molar-refractivity contribution in [1.29, 1.82) is 0 Å². The molecule has 0 bridgehead atoms. The van der Waals surface area contributed by atoms with E-state index in [-0.39, 0.29) is 25.2 Å². The van der Waals surface area contributed by atoms with Crippen LogP contribution in [0.15, 0.2) is 0 Å². The molecule has 0 rings (SSSR count). The van der Waals surface area contributed by atoms with E-state index in [1.807, 2.05) is 0 Å². The molecule has 9 nitrogen and oxygen atoms in total. The van der Waals surface area contributed by atoms with Crippen molar-refractivity contribution >= 4 is 23.9 Å². The molecule has 0 amide bonds. The summed E-state index contributed by atoms with van der Waals surface area (Å²) in [4.78, 5) is 43.1. The molecule has 0 unspecified atom stereocenters. The Bertz CT molecular complexity index is 649. The highest BCUT2D eigenvalue weighted by Crippen LogP contribution is 2.10. The zero-order valence-electron chi connectivity index (χ0n) is 31.3. The molecule has 0 aromatic carbocycles. The van der Waals surface area contributed by atoms with E-state index in [2.05, 4.69) is 41.5 Å². The summed E-state index contributed by atoms with van der Waals surface area (Å²) >= 11 is 0. The third kappa shape index (κ3) is 53.6. The van der Waals surface area contributed by atoms with Gasteiger partial charge in [-0.15, -0.1) is 0 Å². The van der Waals surface area contributed by atoms with Crippen LogP contribution >= 0.6 is 0 Å². The zero-order chi connectivity index (χ0) is 36.0. The Kier molecular flexibility index (Phi) is 41.9. The Morgan fingerprint density at radius 2 is 0.766 bits per heavy atom. The summed E-state index contributed by atoms with van der Waals surface area (Å²) in [7, 11) is 0. The quantitative estimate of drug-likeness (QED) is 0.0563. The molecule has 0 saturated heterocycles. The fraction of sp³-hybridized carbons (Fsp3) is 0.895. The molecule has 280 valence electrons. The van der Waals surface area contributed by atoms with Gasteiger partial charge in [0.1, 0.15) is 13.2 Å². The number of aliphatic carboxylic acids is 2. The number of rotatable bonds is 30. The summed E-state index contributed by atoms with van der Waals surface area (Å²) < 4.78 is 15.5. The molecule has 0 heterocycles. The van der Waals surface area contributed by atoms with E-state index in [1.54, 1.807) is 0 Å². The molecule has 0 aliphatic heterocycles. The fourth-order valence-corrected chi connectivity index (χ4v) is 4.43. The number of esters is 2. The maximum Gasteiger partial charge on any atom is 0.305 e. The van der Waals surface area contributed by atoms with Crippen molar-refractivity contribution in [3.63, 3.8) is 0 Å². The van der Waals surface area contributed by atoms with E-state index < -0.39 is 11.9 Å². The third-order valence-electron chi connectivity index (χ3n) is 7.29. The number of carboxylic acid groups (broad SMARTS) is 2. The molecule has 47 heavy (non-hydrogen) atoms. The van der Waals surface area contributed by atoms with Crippen molar-refractivity contribution in [2.75, 3.05) is 26.4 Å². The molecule has 0 aromatic heterocycles. The summed E-state index contributed by atoms with van der Waals surface area (Å²) in [6.45, 7) is 14.3. The molecule has 0 fully saturated rings. The van der Waals surface area contributed by atoms with Crippen LogP contribution in [-0.4, -0.2) is 60.5 Å². The van der Waals surface area contributed by atoms with E-state index in [9.17, 15) is 19.2 Å². The van der Waals surface area contributed by atoms with Gasteiger partial charge >= 0.3 is 23.9 Å². The molecule has 0 aromatic rings. The van der Waals surface area contributed by atoms with Crippen LogP contribution < -0.4 is 0 Å². The summed E-state index contributed by atoms with van der Waals surface area (Å²) in [6.07, 6.45) is 21.4. The Labute approximate surface area is 288 Å². The van der Waals surface area contributed by atoms with E-state index >= 15 is 0 Å². The van der Waals surface area contributed by atoms with Gasteiger partial charge in [0.25, 0.3) is 0 Å². The monoisotopic (exact) mass is 675 g/mol. The van der Waals surface area contributed by atoms with Gasteiger partial charge in [-0.25, -0.2) is 0 Å². The van der Waals surface area contributed by atoms with Crippen LogP contribution in [0.4, 0.5) is 0 Å². The van der Waals surface area contributed by atoms with Crippen molar-refractivity contribution in [3.05, 3.63) is 0 Å². The van der Waals surface area contributed by atoms with Crippen LogP contribution in [0.3, 0.4) is 0 Å². The molecule has 0 aliphatic carbocycles. The largest absolute Gasteiger partial charge is 0.481 e. The maximum atomic E-state index is 11.5. The second-order valence-corrected chi connectivity index (χ2v) is 13.2. The Hall–Kier alpha value is -2.16. The highest BCUT2D eigenvalue weighted by molar-refractivity contribution is 5.69. The topological polar surface area (TPSA) is 136 Å². The molecule has 0 spiro atoms. The van der Waals surface area contributed by atoms with Crippen molar-refractivity contribution in [2.24, 2.45) is 11.8 Å². The Morgan fingerprint density at radius 3 is 1.09 bits per heavy atom. The standard InChI is InChI=1S/C20H38O5.2C9H18O2/c1-3-5-7-9-11-13-19(21)24-17-15-23-16-18-25-20(22)14-12-10-8-6-4-2;2*1-8(2)6-4-3-5-7-9(10)11/h3-18H2,1-2H3;2*8H,3-7H2,1-2H3,(H,10,11). The molecular weight excluding hydrogens is 600 g/mol. The molecule has 0 atom stereocenters. The first-order valence-corrected chi connectivity index (χ1v) is 18.8. The summed E-state index contributed by atoms with van der Waals surface area (Å²) in [6, 6.07) is 0. The lowest BCUT2D eigenvalue weighted by molar-refractivity contribution is -0.147. The van der Waals surface area contributed by atoms with Gasteiger partial charge in [0.15, 0.2) is 0 Å². The Morgan fingerprint density at radius 1 is 0.447 bits per heavy atom. The van der Waals surface area contributed by atoms with Crippen LogP contribution in [0.5, 0.6) is 0 Å². The van der Waals surface area contributed by atoms with Gasteiger partial charge in [-0.05, 0) is 37.5 Å². The highest BCUT2D eigenvalue weighted by Gasteiger charge is 2.04. The zero-order valence-corrected chi connectivity index (χ0v) is 31.3. The second-order valence-electron chi connectivity index (χ2n) is 13.2. The normalized spacial score (nSPS) is 10.6. The van der Waals surface area contributed by atoms with Crippen LogP contribution in [0.2, 0.25) is 0 Å². The van der Waals surface area contributed by atoms with E-state index in [4.69, 9.17) is 24.4 Å². The number of unbranched alkanes of at least 4 members (excludes halogenated alkanes) is 12. The minimum absolute atomic E-state index is 0.158. The molecular formula is C38H74O9. The number of carbonyl (C=O) groups is 4. The maximum absolute atomic E-state index is 11.5. The van der Waals surface area contributed by atoms with Gasteiger partial charge < -0.3 is 24.4 Å². The predicted molar refractivity (Wildman–Crippen MR) is 191 cm³/mol. The lowest BCUT2D eigenvalue weighted by Crippen LogP contribution is -2.14. The van der Waals surface area contributed by atoms with Crippen molar-refractivity contribution in [2.45, 2.75) is 183 Å². The average Bonchev–Trinajstić information content (AvgIpc) is 3.00. The minimum Gasteiger partial charge on any atom is -0.481 e. The Balaban J connectivity index is -0.000000724. The van der Waals surface area contributed by atoms with E-state index in [0.29, 0.717) is 38.9 Å². The van der Waals surface area contributed by atoms with E-state index in [0.717, 1.165) is 63.2 Å². The number of ether oxygens (including phenoxy) is 3. The highest BCUT2D eigenvalue weighted by atomic mass is 16.6. The van der Waals surface area contributed by atoms with Crippen LogP contribution in [0.25, 0.3) is 0 Å². The van der Waals surface area contributed by atoms with Gasteiger partial charge in [0, 0.05) is 25.7 Å². The second kappa shape index (κ2) is 40.0. The number of carboxylic acids is 2. The van der Waals surface area contributed by atoms with Crippen LogP contribution in [-0.2, 0) is 33.4 Å². The van der Waals surface area contributed by atoms with Gasteiger partial charge in [0.2, 0.25) is 0 Å². The van der Waals surface area contributed by atoms with Gasteiger partial charge in [-0.1, -0.05) is 131 Å². The fourth-order valence-electron chi connectivity index (χ4n) is 4.43. The SMILES string of the molecule is CC(C)CCCCCC(=O)O.CC(C)CCCCCC(=O)O.CCCCCCCC(=O)OCCOCCOC(=O)CCCCCCC. The van der Waals surface area contributed by atoms with Crippen molar-refractivity contribution < 1.29 is 43.6 Å². The average molecular weight is 675 g/mol. The first-order chi connectivity index (χ1) is 22.5. The summed E-state index contributed by atoms with van der Waals surface area (Å²) in [5, 5.41) is 16.6. The molecule has 0 radical (unpaired) electrons. The predicted octanol–water partition coefficient (Wildman–Crippen LogP) is 10.2. The van der Waals surface area contributed by atoms with E-state index in [1.165, 1.54) is 64.2 Å². The molecule has 0 saturated carbocycles. The molecule has 9 heteroatoms. The van der Waals surface area contributed by atoms with Crippen molar-refractivity contribution in [1.82, 2.24) is 0 Å². The minimum atomic E-state index is -0.672.